The minimum Gasteiger partial charge on any atom is -0.340 e. The quantitative estimate of drug-likeness (QED) is 0.792. The summed E-state index contributed by atoms with van der Waals surface area (Å²) >= 11 is 0. The first kappa shape index (κ1) is 21.8. The topological polar surface area (TPSA) is 78.5 Å². The van der Waals surface area contributed by atoms with Gasteiger partial charge in [0, 0.05) is 19.6 Å². The molecule has 1 amide bonds. The third-order valence-corrected chi connectivity index (χ3v) is 5.47. The van der Waals surface area contributed by atoms with Gasteiger partial charge in [0.15, 0.2) is 0 Å². The fraction of sp³-hybridized carbons (Fsp3) is 0.562. The van der Waals surface area contributed by atoms with E-state index in [2.05, 4.69) is 10.0 Å². The molecule has 6 nitrogen and oxygen atoms in total. The Hall–Kier alpha value is -1.22. The number of benzene rings is 1. The van der Waals surface area contributed by atoms with Crippen LogP contribution < -0.4 is 10.0 Å². The summed E-state index contributed by atoms with van der Waals surface area (Å²) in [4.78, 5) is 14.0. The van der Waals surface area contributed by atoms with E-state index in [4.69, 9.17) is 0 Å². The molecule has 142 valence electrons. The number of hydrogen-bond acceptors (Lipinski definition) is 4. The summed E-state index contributed by atoms with van der Waals surface area (Å²) in [6, 6.07) is 4.22. The monoisotopic (exact) mass is 393 g/mol. The van der Waals surface area contributed by atoms with Gasteiger partial charge in [0.1, 0.15) is 16.8 Å². The summed E-state index contributed by atoms with van der Waals surface area (Å²) in [7, 11) is -4.12. The molecule has 1 aromatic carbocycles. The van der Waals surface area contributed by atoms with Crippen LogP contribution in [-0.4, -0.2) is 51.4 Å². The molecule has 1 fully saturated rings. The van der Waals surface area contributed by atoms with E-state index in [1.165, 1.54) is 18.2 Å². The molecule has 0 spiro atoms. The number of carbonyl (C=O) groups is 1. The lowest BCUT2D eigenvalue weighted by Gasteiger charge is -2.28. The Morgan fingerprint density at radius 3 is 2.56 bits per heavy atom. The molecule has 1 aliphatic rings. The molecule has 0 radical (unpaired) electrons. The summed E-state index contributed by atoms with van der Waals surface area (Å²) < 4.78 is 41.2. The molecule has 0 bridgehead atoms. The number of sulfonamides is 1. The van der Waals surface area contributed by atoms with Crippen molar-refractivity contribution in [3.8, 4) is 0 Å². The third-order valence-electron chi connectivity index (χ3n) is 3.99. The Morgan fingerprint density at radius 1 is 1.24 bits per heavy atom. The van der Waals surface area contributed by atoms with Crippen molar-refractivity contribution >= 4 is 28.3 Å². The van der Waals surface area contributed by atoms with E-state index >= 15 is 0 Å². The van der Waals surface area contributed by atoms with Crippen LogP contribution in [0.4, 0.5) is 4.39 Å². The van der Waals surface area contributed by atoms with Gasteiger partial charge < -0.3 is 10.2 Å². The van der Waals surface area contributed by atoms with Crippen LogP contribution in [0.15, 0.2) is 29.2 Å². The smallest absolute Gasteiger partial charge is 0.244 e. The van der Waals surface area contributed by atoms with Crippen LogP contribution in [0.25, 0.3) is 0 Å². The van der Waals surface area contributed by atoms with Crippen molar-refractivity contribution in [1.82, 2.24) is 14.9 Å². The van der Waals surface area contributed by atoms with Crippen LogP contribution in [0.5, 0.6) is 0 Å². The maximum atomic E-state index is 13.8. The first-order valence-corrected chi connectivity index (χ1v) is 9.57. The largest absolute Gasteiger partial charge is 0.340 e. The number of halogens is 2. The summed E-state index contributed by atoms with van der Waals surface area (Å²) in [5, 5.41) is 3.20. The zero-order valence-corrected chi connectivity index (χ0v) is 16.0. The van der Waals surface area contributed by atoms with Crippen LogP contribution in [0.3, 0.4) is 0 Å². The molecule has 0 saturated carbocycles. The SMILES string of the molecule is CC(C)C(NS(=O)(=O)c1ccccc1F)C(=O)N1CCCNCC1.Cl. The van der Waals surface area contributed by atoms with E-state index in [1.54, 1.807) is 18.7 Å². The van der Waals surface area contributed by atoms with Gasteiger partial charge in [0.2, 0.25) is 15.9 Å². The standard InChI is InChI=1S/C16H24FN3O3S.ClH/c1-12(2)15(16(21)20-10-5-8-18-9-11-20)19-24(22,23)14-7-4-3-6-13(14)17;/h3-4,6-7,12,15,18-19H,5,8-11H2,1-2H3;1H. The Balaban J connectivity index is 0.00000312. The Labute approximate surface area is 154 Å². The van der Waals surface area contributed by atoms with Crippen molar-refractivity contribution in [2.24, 2.45) is 5.92 Å². The average molecular weight is 394 g/mol. The molecule has 0 aliphatic carbocycles. The highest BCUT2D eigenvalue weighted by Gasteiger charge is 2.32. The number of rotatable bonds is 5. The molecule has 2 rings (SSSR count). The lowest BCUT2D eigenvalue weighted by Crippen LogP contribution is -2.51. The van der Waals surface area contributed by atoms with Crippen molar-refractivity contribution in [1.29, 1.82) is 0 Å². The van der Waals surface area contributed by atoms with Gasteiger partial charge in [-0.15, -0.1) is 12.4 Å². The van der Waals surface area contributed by atoms with Crippen molar-refractivity contribution in [2.45, 2.75) is 31.2 Å². The Bertz CT molecular complexity index is 677. The Kier molecular flexibility index (Phi) is 8.27. The van der Waals surface area contributed by atoms with Crippen LogP contribution in [0.1, 0.15) is 20.3 Å². The molecular formula is C16H25ClFN3O3S. The Morgan fingerprint density at radius 2 is 1.92 bits per heavy atom. The first-order valence-electron chi connectivity index (χ1n) is 8.09. The van der Waals surface area contributed by atoms with Gasteiger partial charge in [0.05, 0.1) is 0 Å². The van der Waals surface area contributed by atoms with E-state index in [-0.39, 0.29) is 24.2 Å². The lowest BCUT2D eigenvalue weighted by molar-refractivity contribution is -0.133. The van der Waals surface area contributed by atoms with Crippen molar-refractivity contribution < 1.29 is 17.6 Å². The lowest BCUT2D eigenvalue weighted by atomic mass is 10.0. The maximum absolute atomic E-state index is 13.8. The first-order chi connectivity index (χ1) is 11.3. The second-order valence-corrected chi connectivity index (χ2v) is 7.88. The molecule has 25 heavy (non-hydrogen) atoms. The predicted octanol–water partition coefficient (Wildman–Crippen LogP) is 1.37. The van der Waals surface area contributed by atoms with Gasteiger partial charge in [-0.25, -0.2) is 12.8 Å². The highest BCUT2D eigenvalue weighted by Crippen LogP contribution is 2.16. The van der Waals surface area contributed by atoms with Gasteiger partial charge in [-0.1, -0.05) is 26.0 Å². The molecule has 1 unspecified atom stereocenters. The summed E-state index contributed by atoms with van der Waals surface area (Å²) in [6.45, 7) is 6.15. The van der Waals surface area contributed by atoms with Crippen molar-refractivity contribution in [3.63, 3.8) is 0 Å². The van der Waals surface area contributed by atoms with E-state index in [9.17, 15) is 17.6 Å². The minimum absolute atomic E-state index is 0. The maximum Gasteiger partial charge on any atom is 0.244 e. The summed E-state index contributed by atoms with van der Waals surface area (Å²) in [6.07, 6.45) is 0.816. The van der Waals surface area contributed by atoms with E-state index in [0.717, 1.165) is 19.0 Å². The second kappa shape index (κ2) is 9.47. The molecule has 1 atom stereocenters. The highest BCUT2D eigenvalue weighted by atomic mass is 35.5. The number of hydrogen-bond donors (Lipinski definition) is 2. The van der Waals surface area contributed by atoms with Crippen LogP contribution in [0, 0.1) is 11.7 Å². The fourth-order valence-corrected chi connectivity index (χ4v) is 4.04. The van der Waals surface area contributed by atoms with Gasteiger partial charge in [-0.3, -0.25) is 4.79 Å². The highest BCUT2D eigenvalue weighted by molar-refractivity contribution is 7.89. The van der Waals surface area contributed by atoms with Crippen molar-refractivity contribution in [2.75, 3.05) is 26.2 Å². The minimum atomic E-state index is -4.12. The molecule has 2 N–H and O–H groups in total. The zero-order chi connectivity index (χ0) is 17.7. The van der Waals surface area contributed by atoms with Crippen LogP contribution in [0.2, 0.25) is 0 Å². The van der Waals surface area contributed by atoms with Crippen LogP contribution >= 0.6 is 12.4 Å². The normalized spacial score (nSPS) is 16.9. The molecule has 1 aliphatic heterocycles. The van der Waals surface area contributed by atoms with Gasteiger partial charge in [0.25, 0.3) is 0 Å². The molecule has 1 saturated heterocycles. The van der Waals surface area contributed by atoms with Gasteiger partial charge in [-0.05, 0) is 31.0 Å². The van der Waals surface area contributed by atoms with E-state index < -0.39 is 26.8 Å². The average Bonchev–Trinajstić information content (AvgIpc) is 2.81. The summed E-state index contributed by atoms with van der Waals surface area (Å²) in [5.41, 5.74) is 0. The summed E-state index contributed by atoms with van der Waals surface area (Å²) in [5.74, 6) is -1.36. The van der Waals surface area contributed by atoms with E-state index in [0.29, 0.717) is 19.6 Å². The van der Waals surface area contributed by atoms with Gasteiger partial charge >= 0.3 is 0 Å². The molecule has 9 heteroatoms. The van der Waals surface area contributed by atoms with Crippen LogP contribution in [-0.2, 0) is 14.8 Å². The third kappa shape index (κ3) is 5.64. The number of nitrogens with one attached hydrogen (secondary N) is 2. The van der Waals surface area contributed by atoms with Crippen molar-refractivity contribution in [3.05, 3.63) is 30.1 Å². The number of carbonyl (C=O) groups excluding carboxylic acids is 1. The fourth-order valence-electron chi connectivity index (χ4n) is 2.63. The predicted molar refractivity (Wildman–Crippen MR) is 96.7 cm³/mol. The van der Waals surface area contributed by atoms with E-state index in [1.807, 2.05) is 0 Å². The second-order valence-electron chi connectivity index (χ2n) is 6.20. The molecular weight excluding hydrogens is 369 g/mol. The number of nitrogens with zero attached hydrogens (tertiary/aromatic N) is 1. The zero-order valence-electron chi connectivity index (χ0n) is 14.4. The molecule has 1 aromatic rings. The number of amides is 1. The molecule has 0 aromatic heterocycles. The molecule has 1 heterocycles. The van der Waals surface area contributed by atoms with Gasteiger partial charge in [-0.2, -0.15) is 4.72 Å².